The first-order valence-electron chi connectivity index (χ1n) is 5.54. The Hall–Kier alpha value is -1.33. The third kappa shape index (κ3) is 3.57. The van der Waals surface area contributed by atoms with E-state index in [9.17, 15) is 4.39 Å². The van der Waals surface area contributed by atoms with Crippen LogP contribution in [0.3, 0.4) is 0 Å². The smallest absolute Gasteiger partial charge is 0.131 e. The maximum atomic E-state index is 13.0. The molecule has 1 aromatic heterocycles. The highest BCUT2D eigenvalue weighted by Gasteiger charge is 2.05. The van der Waals surface area contributed by atoms with Crippen LogP contribution in [0.1, 0.15) is 22.5 Å². The van der Waals surface area contributed by atoms with Gasteiger partial charge in [0.25, 0.3) is 0 Å². The summed E-state index contributed by atoms with van der Waals surface area (Å²) >= 11 is 1.57. The summed E-state index contributed by atoms with van der Waals surface area (Å²) < 4.78 is 13.0. The first-order valence-corrected chi connectivity index (χ1v) is 6.36. The minimum absolute atomic E-state index is 0.208. The van der Waals surface area contributed by atoms with Crippen LogP contribution in [0.5, 0.6) is 0 Å². The van der Waals surface area contributed by atoms with Crippen LogP contribution in [0.15, 0.2) is 24.3 Å². The van der Waals surface area contributed by atoms with Crippen LogP contribution in [-0.2, 0) is 13.0 Å². The number of halogens is 1. The molecular weight excluding hydrogens is 237 g/mol. The number of hydrogen-bond acceptors (Lipinski definition) is 4. The van der Waals surface area contributed by atoms with E-state index in [0.29, 0.717) is 6.42 Å². The van der Waals surface area contributed by atoms with E-state index in [4.69, 9.17) is 0 Å². The third-order valence-corrected chi connectivity index (χ3v) is 3.20. The normalized spacial score (nSPS) is 10.7. The Morgan fingerprint density at radius 3 is 2.88 bits per heavy atom. The molecular formula is C12H14FN3S. The minimum atomic E-state index is -0.208. The van der Waals surface area contributed by atoms with Gasteiger partial charge in [0.05, 0.1) is 0 Å². The van der Waals surface area contributed by atoms with Crippen molar-refractivity contribution in [1.82, 2.24) is 15.5 Å². The van der Waals surface area contributed by atoms with Crippen molar-refractivity contribution in [2.45, 2.75) is 19.9 Å². The molecule has 0 unspecified atom stereocenters. The van der Waals surface area contributed by atoms with E-state index >= 15 is 0 Å². The van der Waals surface area contributed by atoms with Crippen LogP contribution in [0.25, 0.3) is 0 Å². The first-order chi connectivity index (χ1) is 8.28. The Kier molecular flexibility index (Phi) is 4.17. The highest BCUT2D eigenvalue weighted by Crippen LogP contribution is 2.15. The molecule has 1 heterocycles. The Bertz CT molecular complexity index is 484. The van der Waals surface area contributed by atoms with Gasteiger partial charge in [-0.1, -0.05) is 30.4 Å². The fourth-order valence-electron chi connectivity index (χ4n) is 1.48. The summed E-state index contributed by atoms with van der Waals surface area (Å²) in [6.45, 7) is 3.71. The zero-order chi connectivity index (χ0) is 12.1. The van der Waals surface area contributed by atoms with Crippen LogP contribution in [-0.4, -0.2) is 16.7 Å². The average Bonchev–Trinajstić information content (AvgIpc) is 2.74. The van der Waals surface area contributed by atoms with Crippen molar-refractivity contribution in [3.63, 3.8) is 0 Å². The summed E-state index contributed by atoms with van der Waals surface area (Å²) in [6, 6.07) is 6.59. The van der Waals surface area contributed by atoms with Gasteiger partial charge < -0.3 is 5.32 Å². The molecule has 1 N–H and O–H groups in total. The van der Waals surface area contributed by atoms with E-state index in [2.05, 4.69) is 22.4 Å². The van der Waals surface area contributed by atoms with Crippen molar-refractivity contribution in [2.24, 2.45) is 0 Å². The number of nitrogens with one attached hydrogen (secondary N) is 1. The second kappa shape index (κ2) is 5.84. The molecule has 2 rings (SSSR count). The van der Waals surface area contributed by atoms with E-state index < -0.39 is 0 Å². The van der Waals surface area contributed by atoms with Gasteiger partial charge in [0.1, 0.15) is 15.8 Å². The Labute approximate surface area is 104 Å². The molecule has 2 aromatic rings. The summed E-state index contributed by atoms with van der Waals surface area (Å²) in [4.78, 5) is 0. The molecule has 0 aliphatic rings. The van der Waals surface area contributed by atoms with Gasteiger partial charge in [-0.05, 0) is 24.2 Å². The van der Waals surface area contributed by atoms with Gasteiger partial charge in [0.2, 0.25) is 0 Å². The summed E-state index contributed by atoms with van der Waals surface area (Å²) in [7, 11) is 0. The number of aromatic nitrogens is 2. The van der Waals surface area contributed by atoms with Crippen molar-refractivity contribution < 1.29 is 4.39 Å². The Morgan fingerprint density at radius 1 is 1.29 bits per heavy atom. The summed E-state index contributed by atoms with van der Waals surface area (Å²) in [5.74, 6) is -0.208. The lowest BCUT2D eigenvalue weighted by molar-refractivity contribution is 0.626. The van der Waals surface area contributed by atoms with Crippen LogP contribution < -0.4 is 5.32 Å². The largest absolute Gasteiger partial charge is 0.311 e. The van der Waals surface area contributed by atoms with Crippen molar-refractivity contribution >= 4 is 11.3 Å². The summed E-state index contributed by atoms with van der Waals surface area (Å²) in [6.07, 6.45) is 0.640. The van der Waals surface area contributed by atoms with E-state index in [1.807, 2.05) is 6.07 Å². The molecule has 3 nitrogen and oxygen atoms in total. The summed E-state index contributed by atoms with van der Waals surface area (Å²) in [5.41, 5.74) is 0.927. The second-order valence-corrected chi connectivity index (χ2v) is 4.82. The molecule has 1 aromatic carbocycles. The quantitative estimate of drug-likeness (QED) is 0.886. The Morgan fingerprint density at radius 2 is 2.12 bits per heavy atom. The predicted molar refractivity (Wildman–Crippen MR) is 66.5 cm³/mol. The zero-order valence-electron chi connectivity index (χ0n) is 9.61. The molecule has 0 spiro atoms. The van der Waals surface area contributed by atoms with Gasteiger partial charge >= 0.3 is 0 Å². The molecule has 0 fully saturated rings. The van der Waals surface area contributed by atoms with Crippen molar-refractivity contribution in [3.05, 3.63) is 45.7 Å². The van der Waals surface area contributed by atoms with Gasteiger partial charge in [0.15, 0.2) is 0 Å². The number of rotatable bonds is 5. The SMILES string of the molecule is CCNCc1nnc(Cc2cccc(F)c2)s1. The predicted octanol–water partition coefficient (Wildman–Crippen LogP) is 2.38. The molecule has 0 amide bonds. The van der Waals surface area contributed by atoms with Crippen molar-refractivity contribution in [3.8, 4) is 0 Å². The molecule has 0 bridgehead atoms. The fourth-order valence-corrected chi connectivity index (χ4v) is 2.33. The molecule has 5 heteroatoms. The molecule has 0 aliphatic carbocycles. The van der Waals surface area contributed by atoms with Crippen molar-refractivity contribution in [2.75, 3.05) is 6.54 Å². The number of hydrogen-bond donors (Lipinski definition) is 1. The van der Waals surface area contributed by atoms with E-state index in [1.54, 1.807) is 17.4 Å². The van der Waals surface area contributed by atoms with Gasteiger partial charge in [-0.2, -0.15) is 0 Å². The molecule has 17 heavy (non-hydrogen) atoms. The molecule has 0 radical (unpaired) electrons. The van der Waals surface area contributed by atoms with E-state index in [0.717, 1.165) is 28.7 Å². The number of nitrogens with zero attached hydrogens (tertiary/aromatic N) is 2. The van der Waals surface area contributed by atoms with Crippen LogP contribution in [0, 0.1) is 5.82 Å². The Balaban J connectivity index is 2.01. The molecule has 0 saturated carbocycles. The van der Waals surface area contributed by atoms with Gasteiger partial charge in [0, 0.05) is 13.0 Å². The minimum Gasteiger partial charge on any atom is -0.311 e. The van der Waals surface area contributed by atoms with Crippen LogP contribution in [0.2, 0.25) is 0 Å². The van der Waals surface area contributed by atoms with Gasteiger partial charge in [-0.25, -0.2) is 4.39 Å². The molecule has 0 saturated heterocycles. The summed E-state index contributed by atoms with van der Waals surface area (Å²) in [5, 5.41) is 13.3. The fraction of sp³-hybridized carbons (Fsp3) is 0.333. The molecule has 90 valence electrons. The van der Waals surface area contributed by atoms with Gasteiger partial charge in [-0.3, -0.25) is 0 Å². The lowest BCUT2D eigenvalue weighted by Gasteiger charge is -1.97. The van der Waals surface area contributed by atoms with E-state index in [1.165, 1.54) is 12.1 Å². The highest BCUT2D eigenvalue weighted by molar-refractivity contribution is 7.11. The topological polar surface area (TPSA) is 37.8 Å². The monoisotopic (exact) mass is 251 g/mol. The van der Waals surface area contributed by atoms with Crippen LogP contribution in [0.4, 0.5) is 4.39 Å². The van der Waals surface area contributed by atoms with Gasteiger partial charge in [-0.15, -0.1) is 10.2 Å². The lowest BCUT2D eigenvalue weighted by atomic mass is 10.1. The number of benzene rings is 1. The van der Waals surface area contributed by atoms with E-state index in [-0.39, 0.29) is 5.82 Å². The first kappa shape index (κ1) is 12.1. The molecule has 0 aliphatic heterocycles. The zero-order valence-corrected chi connectivity index (χ0v) is 10.4. The lowest BCUT2D eigenvalue weighted by Crippen LogP contribution is -2.11. The average molecular weight is 251 g/mol. The van der Waals surface area contributed by atoms with Crippen LogP contribution >= 0.6 is 11.3 Å². The maximum Gasteiger partial charge on any atom is 0.131 e. The highest BCUT2D eigenvalue weighted by atomic mass is 32.1. The molecule has 0 atom stereocenters. The third-order valence-electron chi connectivity index (χ3n) is 2.28. The maximum absolute atomic E-state index is 13.0. The van der Waals surface area contributed by atoms with Crippen molar-refractivity contribution in [1.29, 1.82) is 0 Å². The standard InChI is InChI=1S/C12H14FN3S/c1-2-14-8-12-16-15-11(17-12)7-9-4-3-5-10(13)6-9/h3-6,14H,2,7-8H2,1H3. The second-order valence-electron chi connectivity index (χ2n) is 3.68.